The van der Waals surface area contributed by atoms with E-state index in [1.54, 1.807) is 0 Å². The van der Waals surface area contributed by atoms with Gasteiger partial charge in [0, 0.05) is 0 Å². The average molecular weight is 960 g/mol. The van der Waals surface area contributed by atoms with Crippen molar-refractivity contribution in [1.29, 1.82) is 0 Å². The van der Waals surface area contributed by atoms with Crippen LogP contribution in [0.4, 0.5) is 149 Å². The predicted octanol–water partition coefficient (Wildman–Crippen LogP) is 14.9. The zero-order valence-electron chi connectivity index (χ0n) is 23.9. The van der Waals surface area contributed by atoms with Gasteiger partial charge in [0.05, 0.1) is 0 Å². The summed E-state index contributed by atoms with van der Waals surface area (Å²) in [5, 5.41) is 0. The molecule has 0 spiro atoms. The normalized spacial score (nSPS) is 18.8. The summed E-state index contributed by atoms with van der Waals surface area (Å²) >= 11 is 0. The van der Waals surface area contributed by atoms with Crippen LogP contribution in [0, 0.1) is 0 Å². The van der Waals surface area contributed by atoms with Crippen molar-refractivity contribution in [3.63, 3.8) is 0 Å². The maximum absolute atomic E-state index is 15.8. The molecule has 0 heterocycles. The van der Waals surface area contributed by atoms with Crippen LogP contribution >= 0.6 is 13.6 Å². The minimum atomic E-state index is -15.6. The van der Waals surface area contributed by atoms with Gasteiger partial charge < -0.3 is 0 Å². The predicted molar refractivity (Wildman–Crippen MR) is 112 cm³/mol. The second-order valence-electron chi connectivity index (χ2n) is 10.5. The Morgan fingerprint density at radius 1 is 0.250 bits per heavy atom. The Balaban J connectivity index is 4.87. The molecule has 338 valence electrons. The van der Waals surface area contributed by atoms with Crippen LogP contribution in [0.1, 0.15) is 0 Å². The summed E-state index contributed by atoms with van der Waals surface area (Å²) in [6, 6.07) is -8.89. The van der Waals surface area contributed by atoms with Gasteiger partial charge in [-0.2, -0.15) is 0 Å². The first-order valence-corrected chi connectivity index (χ1v) is 16.5. The van der Waals surface area contributed by atoms with Gasteiger partial charge in [-0.25, -0.2) is 0 Å². The molecule has 0 aromatic heterocycles. The van der Waals surface area contributed by atoms with E-state index in [2.05, 4.69) is 0 Å². The third kappa shape index (κ3) is 4.75. The molecule has 0 bridgehead atoms. The first-order chi connectivity index (χ1) is 23.4. The van der Waals surface area contributed by atoms with Crippen molar-refractivity contribution < 1.29 is 158 Å². The fourth-order valence-electron chi connectivity index (χ4n) is 4.09. The zero-order chi connectivity index (χ0) is 46.2. The van der Waals surface area contributed by atoms with Gasteiger partial charge in [0.2, 0.25) is 0 Å². The van der Waals surface area contributed by atoms with Crippen LogP contribution in [-0.4, -0.2) is 71.0 Å². The van der Waals surface area contributed by atoms with Crippen LogP contribution in [0.5, 0.6) is 11.5 Å². The Morgan fingerprint density at radius 2 is 0.357 bits per heavy atom. The van der Waals surface area contributed by atoms with Gasteiger partial charge in [-0.05, 0) is 0 Å². The molecule has 1 aromatic carbocycles. The van der Waals surface area contributed by atoms with Gasteiger partial charge in [-0.3, -0.25) is 0 Å². The van der Waals surface area contributed by atoms with E-state index in [1.165, 1.54) is 9.05 Å². The Labute approximate surface area is 279 Å². The van der Waals surface area contributed by atoms with Crippen LogP contribution in [-0.2, 0) is 0 Å². The van der Waals surface area contributed by atoms with Crippen molar-refractivity contribution in [2.75, 3.05) is 0 Å². The molecular formula is C18H4F34O2P2-2. The number of hydrogen-bond donors (Lipinski definition) is 0. The van der Waals surface area contributed by atoms with E-state index >= 15 is 16.8 Å². The molecule has 0 aliphatic carbocycles. The monoisotopic (exact) mass is 960 g/mol. The topological polar surface area (TPSA) is 18.5 Å². The SMILES string of the molecule is FC(F)(F)C(F)(F)[P-](F)(F)(Oc1ccc(O[P-](F)(F)(C(F)(F)C(F)(F)F)(C(F)(F)C(F)(F)F)C(F)(F)C(F)(F)F)cc1)(C(F)(F)C(F)(F)F)C(F)(F)C(F)(F)F. The Morgan fingerprint density at radius 3 is 0.446 bits per heavy atom. The van der Waals surface area contributed by atoms with Gasteiger partial charge in [-0.1, -0.05) is 0 Å². The van der Waals surface area contributed by atoms with Gasteiger partial charge in [0.25, 0.3) is 0 Å². The summed E-state index contributed by atoms with van der Waals surface area (Å²) in [5.74, 6) is -8.45. The van der Waals surface area contributed by atoms with E-state index in [-0.39, 0.29) is 0 Å². The van der Waals surface area contributed by atoms with Crippen molar-refractivity contribution in [1.82, 2.24) is 0 Å². The van der Waals surface area contributed by atoms with Gasteiger partial charge in [-0.15, -0.1) is 0 Å². The van der Waals surface area contributed by atoms with E-state index in [0.29, 0.717) is 0 Å². The number of hydrogen-bond acceptors (Lipinski definition) is 2. The van der Waals surface area contributed by atoms with Crippen LogP contribution in [0.2, 0.25) is 0 Å². The molecular weight excluding hydrogens is 956 g/mol. The van der Waals surface area contributed by atoms with Crippen molar-refractivity contribution in [2.24, 2.45) is 0 Å². The van der Waals surface area contributed by atoms with E-state index in [4.69, 9.17) is 0 Å². The molecule has 0 saturated carbocycles. The third-order valence-electron chi connectivity index (χ3n) is 7.14. The molecule has 0 amide bonds. The molecule has 0 fully saturated rings. The summed E-state index contributed by atoms with van der Waals surface area (Å²) < 4.78 is 473. The summed E-state index contributed by atoms with van der Waals surface area (Å²) in [6.07, 6.45) is -55.7. The fraction of sp³-hybridized carbons (Fsp3) is 0.667. The molecule has 1 rings (SSSR count). The number of alkyl halides is 30. The molecule has 0 aliphatic heterocycles. The molecule has 2 nitrogen and oxygen atoms in total. The first kappa shape index (κ1) is 51.3. The van der Waals surface area contributed by atoms with Gasteiger partial charge >= 0.3 is 278 Å². The molecule has 56 heavy (non-hydrogen) atoms. The zero-order valence-corrected chi connectivity index (χ0v) is 25.7. The van der Waals surface area contributed by atoms with Gasteiger partial charge in [0.15, 0.2) is 0 Å². The van der Waals surface area contributed by atoms with Crippen molar-refractivity contribution in [3.8, 4) is 11.5 Å². The van der Waals surface area contributed by atoms with Crippen LogP contribution in [0.25, 0.3) is 0 Å². The van der Waals surface area contributed by atoms with E-state index in [0.717, 1.165) is 0 Å². The first-order valence-electron chi connectivity index (χ1n) is 11.8. The van der Waals surface area contributed by atoms with Crippen molar-refractivity contribution >= 4 is 13.6 Å². The number of rotatable bonds is 10. The Kier molecular flexibility index (Phi) is 10.2. The number of benzene rings is 1. The van der Waals surface area contributed by atoms with E-state index in [1.807, 2.05) is 0 Å². The standard InChI is InChI=1S/C18H4F34O2P2/c19-7(20,21)13(37,38)55(49,50,14(39,40)8(22,23)24,15(41,42)9(25,26)27)53-5-1-2-6(4-3-5)54-56(51,52,16(43,44)10(28,29)30,17(45,46)11(31,32)33)18(47,48)12(34,35)36/h1-4H/q-2. The number of halogens is 34. The quantitative estimate of drug-likeness (QED) is 0.172. The molecule has 0 radical (unpaired) electrons. The summed E-state index contributed by atoms with van der Waals surface area (Å²) in [6.45, 7) is -31.3. The van der Waals surface area contributed by atoms with E-state index in [9.17, 15) is 132 Å². The van der Waals surface area contributed by atoms with Crippen molar-refractivity contribution in [2.45, 2.75) is 71.0 Å². The Hall–Kier alpha value is -2.70. The van der Waals surface area contributed by atoms with Crippen LogP contribution < -0.4 is 9.05 Å². The second kappa shape index (κ2) is 11.1. The molecule has 0 atom stereocenters. The molecule has 1 aromatic rings. The fourth-order valence-corrected chi connectivity index (χ4v) is 11.4. The summed E-state index contributed by atoms with van der Waals surface area (Å²) in [5.41, 5.74) is -61.9. The average Bonchev–Trinajstić information content (AvgIpc) is 2.90. The van der Waals surface area contributed by atoms with Crippen LogP contribution in [0.3, 0.4) is 0 Å². The molecule has 0 N–H and O–H groups in total. The van der Waals surface area contributed by atoms with Crippen LogP contribution in [0.15, 0.2) is 24.3 Å². The molecule has 38 heteroatoms. The molecule has 0 unspecified atom stereocenters. The Bertz CT molecular complexity index is 1420. The summed E-state index contributed by atoms with van der Waals surface area (Å²) in [4.78, 5) is 0. The second-order valence-corrected chi connectivity index (χ2v) is 19.5. The third-order valence-corrected chi connectivity index (χ3v) is 17.2. The molecule has 0 saturated heterocycles. The maximum atomic E-state index is 15.8. The molecule has 0 aliphatic rings. The minimum absolute atomic E-state index is 1.53. The summed E-state index contributed by atoms with van der Waals surface area (Å²) in [7, 11) is 0. The van der Waals surface area contributed by atoms with Crippen molar-refractivity contribution in [3.05, 3.63) is 24.3 Å². The van der Waals surface area contributed by atoms with E-state index < -0.39 is 120 Å². The van der Waals surface area contributed by atoms with Gasteiger partial charge in [0.1, 0.15) is 0 Å².